The number of carbonyl (C=O) groups is 1. The second-order valence-corrected chi connectivity index (χ2v) is 6.90. The number of amides is 1. The second kappa shape index (κ2) is 4.72. The van der Waals surface area contributed by atoms with Crippen LogP contribution in [-0.2, 0) is 4.79 Å². The van der Waals surface area contributed by atoms with Gasteiger partial charge in [-0.05, 0) is 12.8 Å². The lowest BCUT2D eigenvalue weighted by atomic mass is 9.94. The Kier molecular flexibility index (Phi) is 3.15. The summed E-state index contributed by atoms with van der Waals surface area (Å²) in [6.45, 7) is 7.48. The summed E-state index contributed by atoms with van der Waals surface area (Å²) < 4.78 is 0. The standard InChI is InChI=1S/C15H22N4O/c1-15(2,3)14(20)18-11-7-19(8-11)13-6-12(10-4-5-10)16-9-17-13/h6,9-11H,4-5,7-8H2,1-3H3,(H,18,20). The first-order chi connectivity index (χ1) is 9.43. The van der Waals surface area contributed by atoms with E-state index in [0.717, 1.165) is 24.6 Å². The van der Waals surface area contributed by atoms with Crippen molar-refractivity contribution in [1.82, 2.24) is 15.3 Å². The molecule has 2 aliphatic rings. The van der Waals surface area contributed by atoms with Crippen LogP contribution >= 0.6 is 0 Å². The van der Waals surface area contributed by atoms with Gasteiger partial charge in [-0.2, -0.15) is 0 Å². The zero-order valence-corrected chi connectivity index (χ0v) is 12.4. The van der Waals surface area contributed by atoms with Crippen molar-refractivity contribution < 1.29 is 4.79 Å². The van der Waals surface area contributed by atoms with E-state index >= 15 is 0 Å². The molecular weight excluding hydrogens is 252 g/mol. The second-order valence-electron chi connectivity index (χ2n) is 6.90. The number of rotatable bonds is 3. The van der Waals surface area contributed by atoms with E-state index in [1.807, 2.05) is 20.8 Å². The first-order valence-electron chi connectivity index (χ1n) is 7.31. The van der Waals surface area contributed by atoms with Crippen LogP contribution in [0.15, 0.2) is 12.4 Å². The molecule has 3 rings (SSSR count). The van der Waals surface area contributed by atoms with Crippen LogP contribution in [0.2, 0.25) is 0 Å². The smallest absolute Gasteiger partial charge is 0.225 e. The fraction of sp³-hybridized carbons (Fsp3) is 0.667. The summed E-state index contributed by atoms with van der Waals surface area (Å²) >= 11 is 0. The number of aromatic nitrogens is 2. The third-order valence-electron chi connectivity index (χ3n) is 3.89. The molecular formula is C15H22N4O. The van der Waals surface area contributed by atoms with Crippen molar-refractivity contribution in [2.24, 2.45) is 5.41 Å². The molecule has 0 aromatic carbocycles. The molecule has 0 radical (unpaired) electrons. The highest BCUT2D eigenvalue weighted by Crippen LogP contribution is 2.39. The Morgan fingerprint density at radius 1 is 1.30 bits per heavy atom. The van der Waals surface area contributed by atoms with Gasteiger partial charge >= 0.3 is 0 Å². The van der Waals surface area contributed by atoms with Crippen LogP contribution in [0.25, 0.3) is 0 Å². The Balaban J connectivity index is 1.55. The molecule has 2 fully saturated rings. The molecule has 20 heavy (non-hydrogen) atoms. The molecule has 1 saturated carbocycles. The molecule has 1 N–H and O–H groups in total. The molecule has 1 aliphatic carbocycles. The predicted octanol–water partition coefficient (Wildman–Crippen LogP) is 1.70. The maximum absolute atomic E-state index is 11.9. The van der Waals surface area contributed by atoms with Gasteiger partial charge < -0.3 is 10.2 Å². The lowest BCUT2D eigenvalue weighted by molar-refractivity contribution is -0.129. The number of carbonyl (C=O) groups excluding carboxylic acids is 1. The monoisotopic (exact) mass is 274 g/mol. The van der Waals surface area contributed by atoms with Gasteiger partial charge in [0.25, 0.3) is 0 Å². The molecule has 1 saturated heterocycles. The first-order valence-corrected chi connectivity index (χ1v) is 7.31. The highest BCUT2D eigenvalue weighted by atomic mass is 16.2. The molecule has 0 spiro atoms. The summed E-state index contributed by atoms with van der Waals surface area (Å²) in [7, 11) is 0. The third kappa shape index (κ3) is 2.76. The Hall–Kier alpha value is -1.65. The summed E-state index contributed by atoms with van der Waals surface area (Å²) in [5, 5.41) is 3.08. The zero-order chi connectivity index (χ0) is 14.3. The summed E-state index contributed by atoms with van der Waals surface area (Å²) in [5.41, 5.74) is 0.839. The van der Waals surface area contributed by atoms with Crippen molar-refractivity contribution in [3.63, 3.8) is 0 Å². The predicted molar refractivity (Wildman–Crippen MR) is 77.6 cm³/mol. The Bertz CT molecular complexity index is 513. The van der Waals surface area contributed by atoms with E-state index in [1.54, 1.807) is 6.33 Å². The molecule has 2 heterocycles. The fourth-order valence-electron chi connectivity index (χ4n) is 2.30. The third-order valence-corrected chi connectivity index (χ3v) is 3.89. The van der Waals surface area contributed by atoms with Gasteiger partial charge in [0.1, 0.15) is 12.1 Å². The Morgan fingerprint density at radius 3 is 2.60 bits per heavy atom. The van der Waals surface area contributed by atoms with Crippen molar-refractivity contribution in [3.05, 3.63) is 18.1 Å². The Morgan fingerprint density at radius 2 is 2.00 bits per heavy atom. The molecule has 1 aromatic rings. The molecule has 108 valence electrons. The fourth-order valence-corrected chi connectivity index (χ4v) is 2.30. The van der Waals surface area contributed by atoms with Crippen molar-refractivity contribution in [2.45, 2.75) is 45.6 Å². The van der Waals surface area contributed by atoms with Crippen LogP contribution < -0.4 is 10.2 Å². The van der Waals surface area contributed by atoms with Crippen LogP contribution in [0.5, 0.6) is 0 Å². The highest BCUT2D eigenvalue weighted by Gasteiger charge is 2.33. The van der Waals surface area contributed by atoms with Crippen LogP contribution in [0.3, 0.4) is 0 Å². The van der Waals surface area contributed by atoms with Gasteiger partial charge in [0.2, 0.25) is 5.91 Å². The molecule has 1 amide bonds. The molecule has 0 unspecified atom stereocenters. The normalized spacial score (nSPS) is 19.6. The van der Waals surface area contributed by atoms with Crippen molar-refractivity contribution in [2.75, 3.05) is 18.0 Å². The van der Waals surface area contributed by atoms with E-state index in [-0.39, 0.29) is 17.4 Å². The lowest BCUT2D eigenvalue weighted by Gasteiger charge is -2.41. The van der Waals surface area contributed by atoms with E-state index in [0.29, 0.717) is 5.92 Å². The molecule has 5 nitrogen and oxygen atoms in total. The van der Waals surface area contributed by atoms with Crippen molar-refractivity contribution in [3.8, 4) is 0 Å². The molecule has 5 heteroatoms. The van der Waals surface area contributed by atoms with Gasteiger partial charge in [0.05, 0.1) is 6.04 Å². The van der Waals surface area contributed by atoms with Gasteiger partial charge in [0, 0.05) is 36.2 Å². The van der Waals surface area contributed by atoms with Gasteiger partial charge in [0.15, 0.2) is 0 Å². The highest BCUT2D eigenvalue weighted by molar-refractivity contribution is 5.82. The van der Waals surface area contributed by atoms with Crippen LogP contribution in [0.4, 0.5) is 5.82 Å². The quantitative estimate of drug-likeness (QED) is 0.911. The molecule has 0 bridgehead atoms. The van der Waals surface area contributed by atoms with Gasteiger partial charge in [-0.25, -0.2) is 9.97 Å². The van der Waals surface area contributed by atoms with Crippen LogP contribution in [0, 0.1) is 5.41 Å². The van der Waals surface area contributed by atoms with Crippen molar-refractivity contribution >= 4 is 11.7 Å². The zero-order valence-electron chi connectivity index (χ0n) is 12.4. The largest absolute Gasteiger partial charge is 0.352 e. The summed E-state index contributed by atoms with van der Waals surface area (Å²) in [6, 6.07) is 2.33. The maximum atomic E-state index is 11.9. The molecule has 1 aromatic heterocycles. The van der Waals surface area contributed by atoms with Gasteiger partial charge in [-0.15, -0.1) is 0 Å². The van der Waals surface area contributed by atoms with E-state index < -0.39 is 0 Å². The van der Waals surface area contributed by atoms with Crippen LogP contribution in [-0.4, -0.2) is 35.0 Å². The van der Waals surface area contributed by atoms with E-state index in [9.17, 15) is 4.79 Å². The van der Waals surface area contributed by atoms with Gasteiger partial charge in [-0.3, -0.25) is 4.79 Å². The van der Waals surface area contributed by atoms with E-state index in [4.69, 9.17) is 0 Å². The number of nitrogens with zero attached hydrogens (tertiary/aromatic N) is 3. The first kappa shape index (κ1) is 13.3. The Labute approximate surface area is 119 Å². The van der Waals surface area contributed by atoms with E-state index in [2.05, 4.69) is 26.3 Å². The summed E-state index contributed by atoms with van der Waals surface area (Å²) in [6.07, 6.45) is 4.16. The minimum atomic E-state index is -0.325. The average Bonchev–Trinajstić information content (AvgIpc) is 3.16. The van der Waals surface area contributed by atoms with E-state index in [1.165, 1.54) is 12.8 Å². The van der Waals surface area contributed by atoms with Crippen LogP contribution in [0.1, 0.15) is 45.2 Å². The SMILES string of the molecule is CC(C)(C)C(=O)NC1CN(c2cc(C3CC3)ncn2)C1. The molecule has 1 aliphatic heterocycles. The number of nitrogens with one attached hydrogen (secondary N) is 1. The summed E-state index contributed by atoms with van der Waals surface area (Å²) in [5.74, 6) is 1.75. The number of hydrogen-bond donors (Lipinski definition) is 1. The lowest BCUT2D eigenvalue weighted by Crippen LogP contribution is -2.61. The average molecular weight is 274 g/mol. The topological polar surface area (TPSA) is 58.1 Å². The minimum absolute atomic E-state index is 0.114. The maximum Gasteiger partial charge on any atom is 0.225 e. The number of hydrogen-bond acceptors (Lipinski definition) is 4. The summed E-state index contributed by atoms with van der Waals surface area (Å²) in [4.78, 5) is 22.8. The van der Waals surface area contributed by atoms with Gasteiger partial charge in [-0.1, -0.05) is 20.8 Å². The van der Waals surface area contributed by atoms with Crippen molar-refractivity contribution in [1.29, 1.82) is 0 Å². The number of anilines is 1. The minimum Gasteiger partial charge on any atom is -0.352 e. The molecule has 0 atom stereocenters.